The molecular formula is C16H28ClN3O2. The molecule has 2 bridgehead atoms. The van der Waals surface area contributed by atoms with Crippen LogP contribution in [-0.4, -0.2) is 42.4 Å². The molecule has 2 unspecified atom stereocenters. The van der Waals surface area contributed by atoms with Crippen molar-refractivity contribution in [2.75, 3.05) is 13.6 Å². The fraction of sp³-hybridized carbons (Fsp3) is 0.875. The lowest BCUT2D eigenvalue weighted by atomic mass is 9.65. The Morgan fingerprint density at radius 2 is 1.73 bits per heavy atom. The smallest absolute Gasteiger partial charge is 0.239 e. The molecule has 2 amide bonds. The van der Waals surface area contributed by atoms with Crippen molar-refractivity contribution in [2.24, 2.45) is 23.5 Å². The number of fused-ring (bicyclic) bond motifs is 2. The minimum atomic E-state index is -0.0268. The van der Waals surface area contributed by atoms with Crippen LogP contribution in [0.2, 0.25) is 0 Å². The molecule has 3 N–H and O–H groups in total. The van der Waals surface area contributed by atoms with Crippen LogP contribution >= 0.6 is 12.4 Å². The van der Waals surface area contributed by atoms with E-state index in [9.17, 15) is 9.59 Å². The molecule has 3 saturated carbocycles. The third-order valence-corrected chi connectivity index (χ3v) is 5.46. The molecule has 126 valence electrons. The van der Waals surface area contributed by atoms with E-state index in [0.717, 1.165) is 38.5 Å². The standard InChI is InChI=1S/C16H27N3O2.ClH/c1-19(9-14(20)18-13-5-6-13)16(21)12-7-10-3-2-4-11(8-12)15(10)17;/h10-13,15H,2-9,17H2,1H3,(H,18,20);1H. The molecule has 0 aliphatic heterocycles. The third-order valence-electron chi connectivity index (χ3n) is 5.46. The summed E-state index contributed by atoms with van der Waals surface area (Å²) in [6.45, 7) is 0.188. The number of nitrogens with zero attached hydrogens (tertiary/aromatic N) is 1. The van der Waals surface area contributed by atoms with Crippen molar-refractivity contribution >= 4 is 24.2 Å². The Kier molecular flexibility index (Phi) is 5.72. The Bertz CT molecular complexity index is 414. The lowest BCUT2D eigenvalue weighted by Gasteiger charge is -2.44. The first-order valence-corrected chi connectivity index (χ1v) is 8.34. The fourth-order valence-electron chi connectivity index (χ4n) is 4.10. The van der Waals surface area contributed by atoms with Gasteiger partial charge >= 0.3 is 0 Å². The molecule has 0 aromatic heterocycles. The van der Waals surface area contributed by atoms with Gasteiger partial charge in [0, 0.05) is 25.0 Å². The number of halogens is 1. The van der Waals surface area contributed by atoms with E-state index in [-0.39, 0.29) is 42.7 Å². The van der Waals surface area contributed by atoms with Crippen LogP contribution in [0.1, 0.15) is 44.9 Å². The zero-order valence-corrected chi connectivity index (χ0v) is 14.1. The number of carbonyl (C=O) groups excluding carboxylic acids is 2. The maximum atomic E-state index is 12.6. The van der Waals surface area contributed by atoms with Gasteiger partial charge in [-0.1, -0.05) is 6.42 Å². The molecule has 22 heavy (non-hydrogen) atoms. The van der Waals surface area contributed by atoms with E-state index < -0.39 is 0 Å². The van der Waals surface area contributed by atoms with E-state index >= 15 is 0 Å². The first kappa shape index (κ1) is 17.5. The highest BCUT2D eigenvalue weighted by molar-refractivity contribution is 5.86. The van der Waals surface area contributed by atoms with Crippen LogP contribution < -0.4 is 11.1 Å². The molecule has 0 saturated heterocycles. The highest BCUT2D eigenvalue weighted by Gasteiger charge is 2.41. The number of amides is 2. The topological polar surface area (TPSA) is 75.4 Å². The first-order valence-electron chi connectivity index (χ1n) is 8.34. The van der Waals surface area contributed by atoms with Crippen LogP contribution in [0.15, 0.2) is 0 Å². The van der Waals surface area contributed by atoms with Crippen molar-refractivity contribution in [1.82, 2.24) is 10.2 Å². The molecule has 6 heteroatoms. The predicted octanol–water partition coefficient (Wildman–Crippen LogP) is 1.30. The summed E-state index contributed by atoms with van der Waals surface area (Å²) in [4.78, 5) is 26.0. The van der Waals surface area contributed by atoms with Gasteiger partial charge in [0.05, 0.1) is 6.54 Å². The lowest BCUT2D eigenvalue weighted by molar-refractivity contribution is -0.140. The van der Waals surface area contributed by atoms with Crippen LogP contribution in [0, 0.1) is 17.8 Å². The summed E-state index contributed by atoms with van der Waals surface area (Å²) in [5, 5.41) is 2.94. The van der Waals surface area contributed by atoms with Crippen molar-refractivity contribution in [3.63, 3.8) is 0 Å². The Hall–Kier alpha value is -0.810. The van der Waals surface area contributed by atoms with Crippen molar-refractivity contribution in [1.29, 1.82) is 0 Å². The monoisotopic (exact) mass is 329 g/mol. The summed E-state index contributed by atoms with van der Waals surface area (Å²) >= 11 is 0. The number of carbonyl (C=O) groups is 2. The Labute approximate surface area is 138 Å². The Balaban J connectivity index is 0.00000176. The number of hydrogen-bond donors (Lipinski definition) is 2. The van der Waals surface area contributed by atoms with Crippen molar-refractivity contribution in [3.05, 3.63) is 0 Å². The maximum Gasteiger partial charge on any atom is 0.239 e. The minimum absolute atomic E-state index is 0. The molecular weight excluding hydrogens is 302 g/mol. The number of nitrogens with one attached hydrogen (secondary N) is 1. The quantitative estimate of drug-likeness (QED) is 0.816. The van der Waals surface area contributed by atoms with Crippen LogP contribution in [-0.2, 0) is 9.59 Å². The van der Waals surface area contributed by atoms with Gasteiger partial charge in [0.15, 0.2) is 0 Å². The minimum Gasteiger partial charge on any atom is -0.352 e. The molecule has 5 nitrogen and oxygen atoms in total. The van der Waals surface area contributed by atoms with E-state index in [0.29, 0.717) is 17.9 Å². The second-order valence-electron chi connectivity index (χ2n) is 7.23. The summed E-state index contributed by atoms with van der Waals surface area (Å²) < 4.78 is 0. The highest BCUT2D eigenvalue weighted by Crippen LogP contribution is 2.42. The molecule has 2 atom stereocenters. The zero-order chi connectivity index (χ0) is 15.0. The van der Waals surface area contributed by atoms with E-state index in [1.165, 1.54) is 6.42 Å². The van der Waals surface area contributed by atoms with Gasteiger partial charge in [-0.05, 0) is 50.4 Å². The SMILES string of the molecule is CN(CC(=O)NC1CC1)C(=O)C1CC2CCCC(C1)C2N.Cl. The second kappa shape index (κ2) is 7.18. The molecule has 3 aliphatic rings. The number of nitrogens with two attached hydrogens (primary N) is 1. The normalized spacial score (nSPS) is 33.5. The molecule has 0 radical (unpaired) electrons. The van der Waals surface area contributed by atoms with Gasteiger partial charge in [0.2, 0.25) is 11.8 Å². The summed E-state index contributed by atoms with van der Waals surface area (Å²) in [6, 6.07) is 0.638. The molecule has 3 aliphatic carbocycles. The van der Waals surface area contributed by atoms with Gasteiger partial charge in [-0.2, -0.15) is 0 Å². The average Bonchev–Trinajstić information content (AvgIpc) is 3.21. The van der Waals surface area contributed by atoms with Crippen LogP contribution in [0.5, 0.6) is 0 Å². The summed E-state index contributed by atoms with van der Waals surface area (Å²) in [6.07, 6.45) is 7.54. The Morgan fingerprint density at radius 1 is 1.14 bits per heavy atom. The Morgan fingerprint density at radius 3 is 2.27 bits per heavy atom. The molecule has 0 aromatic carbocycles. The second-order valence-corrected chi connectivity index (χ2v) is 7.23. The predicted molar refractivity (Wildman–Crippen MR) is 87.6 cm³/mol. The maximum absolute atomic E-state index is 12.6. The number of rotatable bonds is 4. The van der Waals surface area contributed by atoms with Gasteiger partial charge in [0.25, 0.3) is 0 Å². The van der Waals surface area contributed by atoms with E-state index in [1.54, 1.807) is 11.9 Å². The molecule has 0 spiro atoms. The molecule has 3 rings (SSSR count). The highest BCUT2D eigenvalue weighted by atomic mass is 35.5. The largest absolute Gasteiger partial charge is 0.352 e. The third kappa shape index (κ3) is 3.93. The average molecular weight is 330 g/mol. The number of likely N-dealkylation sites (N-methyl/N-ethyl adjacent to an activating group) is 1. The van der Waals surface area contributed by atoms with Crippen LogP contribution in [0.4, 0.5) is 0 Å². The first-order chi connectivity index (χ1) is 10.0. The summed E-state index contributed by atoms with van der Waals surface area (Å²) in [5.74, 6) is 1.17. The fourth-order valence-corrected chi connectivity index (χ4v) is 4.10. The summed E-state index contributed by atoms with van der Waals surface area (Å²) in [7, 11) is 1.75. The molecule has 0 aromatic rings. The van der Waals surface area contributed by atoms with Crippen LogP contribution in [0.25, 0.3) is 0 Å². The van der Waals surface area contributed by atoms with Crippen LogP contribution in [0.3, 0.4) is 0 Å². The summed E-state index contributed by atoms with van der Waals surface area (Å²) in [5.41, 5.74) is 6.28. The van der Waals surface area contributed by atoms with Crippen molar-refractivity contribution in [3.8, 4) is 0 Å². The van der Waals surface area contributed by atoms with E-state index in [2.05, 4.69) is 5.32 Å². The number of hydrogen-bond acceptors (Lipinski definition) is 3. The zero-order valence-electron chi connectivity index (χ0n) is 13.3. The van der Waals surface area contributed by atoms with Gasteiger partial charge in [-0.15, -0.1) is 12.4 Å². The van der Waals surface area contributed by atoms with Gasteiger partial charge < -0.3 is 16.0 Å². The molecule has 0 heterocycles. The van der Waals surface area contributed by atoms with Crippen molar-refractivity contribution in [2.45, 2.75) is 57.0 Å². The molecule has 3 fully saturated rings. The van der Waals surface area contributed by atoms with Crippen molar-refractivity contribution < 1.29 is 9.59 Å². The lowest BCUT2D eigenvalue weighted by Crippen LogP contribution is -2.50. The van der Waals surface area contributed by atoms with Gasteiger partial charge in [0.1, 0.15) is 0 Å². The van der Waals surface area contributed by atoms with Gasteiger partial charge in [-0.25, -0.2) is 0 Å². The van der Waals surface area contributed by atoms with Gasteiger partial charge in [-0.3, -0.25) is 9.59 Å². The van der Waals surface area contributed by atoms with E-state index in [1.807, 2.05) is 0 Å². The van der Waals surface area contributed by atoms with E-state index in [4.69, 9.17) is 5.73 Å².